The van der Waals surface area contributed by atoms with E-state index in [0.29, 0.717) is 18.9 Å². The minimum Gasteiger partial charge on any atom is -0.382 e. The van der Waals surface area contributed by atoms with Crippen molar-refractivity contribution in [3.05, 3.63) is 22.4 Å². The van der Waals surface area contributed by atoms with Gasteiger partial charge in [0, 0.05) is 24.3 Å². The molecule has 0 spiro atoms. The van der Waals surface area contributed by atoms with Crippen molar-refractivity contribution in [2.75, 3.05) is 20.3 Å². The molecule has 1 aromatic heterocycles. The number of hydroxylamine groups is 1. The number of halogens is 1. The van der Waals surface area contributed by atoms with Crippen LogP contribution in [0.5, 0.6) is 0 Å². The first-order valence-corrected chi connectivity index (χ1v) is 5.75. The van der Waals surface area contributed by atoms with Gasteiger partial charge in [-0.3, -0.25) is 9.63 Å². The Balaban J connectivity index is 2.51. The number of aryl methyl sites for hydroxylation is 1. The molecule has 5 nitrogen and oxygen atoms in total. The maximum absolute atomic E-state index is 11.7. The number of nitrogens with one attached hydrogen (secondary N) is 1. The van der Waals surface area contributed by atoms with Crippen molar-refractivity contribution in [1.82, 2.24) is 10.0 Å². The third kappa shape index (κ3) is 3.62. The largest absolute Gasteiger partial charge is 0.382 e. The quantitative estimate of drug-likeness (QED) is 0.639. The third-order valence-electron chi connectivity index (χ3n) is 1.99. The summed E-state index contributed by atoms with van der Waals surface area (Å²) < 4.78 is 7.49. The van der Waals surface area contributed by atoms with Crippen LogP contribution in [-0.2, 0) is 16.1 Å². The summed E-state index contributed by atoms with van der Waals surface area (Å²) >= 11 is 3.32. The smallest absolute Gasteiger partial charge is 0.291 e. The van der Waals surface area contributed by atoms with E-state index in [0.717, 1.165) is 11.0 Å². The standard InChI is InChI=1S/C10H15BrN2O3/c1-3-13-7-8(11)6-9(13)10(14)12-16-5-4-15-2/h6-7H,3-5H2,1-2H3,(H,12,14). The molecule has 0 aliphatic heterocycles. The third-order valence-corrected chi connectivity index (χ3v) is 2.42. The van der Waals surface area contributed by atoms with Gasteiger partial charge in [0.1, 0.15) is 5.69 Å². The number of aromatic nitrogens is 1. The highest BCUT2D eigenvalue weighted by Crippen LogP contribution is 2.14. The average molecular weight is 291 g/mol. The Morgan fingerprint density at radius 2 is 2.31 bits per heavy atom. The van der Waals surface area contributed by atoms with E-state index in [1.807, 2.05) is 17.7 Å². The van der Waals surface area contributed by atoms with Gasteiger partial charge in [-0.05, 0) is 28.9 Å². The molecule has 0 fully saturated rings. The summed E-state index contributed by atoms with van der Waals surface area (Å²) in [5.74, 6) is -0.261. The van der Waals surface area contributed by atoms with Crippen molar-refractivity contribution >= 4 is 21.8 Å². The van der Waals surface area contributed by atoms with E-state index < -0.39 is 0 Å². The molecule has 0 saturated carbocycles. The topological polar surface area (TPSA) is 52.5 Å². The van der Waals surface area contributed by atoms with Gasteiger partial charge in [0.25, 0.3) is 5.91 Å². The van der Waals surface area contributed by atoms with Crippen molar-refractivity contribution in [3.8, 4) is 0 Å². The highest BCUT2D eigenvalue weighted by Gasteiger charge is 2.11. The van der Waals surface area contributed by atoms with E-state index in [9.17, 15) is 4.79 Å². The van der Waals surface area contributed by atoms with Crippen molar-refractivity contribution in [3.63, 3.8) is 0 Å². The van der Waals surface area contributed by atoms with Gasteiger partial charge in [0.15, 0.2) is 0 Å². The zero-order valence-electron chi connectivity index (χ0n) is 9.33. The predicted octanol–water partition coefficient (Wildman–Crippen LogP) is 1.58. The van der Waals surface area contributed by atoms with Gasteiger partial charge < -0.3 is 9.30 Å². The van der Waals surface area contributed by atoms with Gasteiger partial charge >= 0.3 is 0 Å². The molecule has 0 aliphatic rings. The summed E-state index contributed by atoms with van der Waals surface area (Å²) in [6, 6.07) is 1.75. The highest BCUT2D eigenvalue weighted by atomic mass is 79.9. The van der Waals surface area contributed by atoms with Crippen LogP contribution in [-0.4, -0.2) is 30.8 Å². The molecule has 1 heterocycles. The van der Waals surface area contributed by atoms with E-state index in [1.165, 1.54) is 0 Å². The first kappa shape index (κ1) is 13.2. The lowest BCUT2D eigenvalue weighted by Gasteiger charge is -2.07. The second-order valence-electron chi connectivity index (χ2n) is 3.10. The molecule has 1 N–H and O–H groups in total. The lowest BCUT2D eigenvalue weighted by Crippen LogP contribution is -2.27. The van der Waals surface area contributed by atoms with Crippen LogP contribution in [0, 0.1) is 0 Å². The maximum Gasteiger partial charge on any atom is 0.291 e. The zero-order valence-corrected chi connectivity index (χ0v) is 10.9. The molecule has 0 aromatic carbocycles. The summed E-state index contributed by atoms with van der Waals surface area (Å²) in [6.07, 6.45) is 1.85. The number of ether oxygens (including phenoxy) is 1. The Labute approximate surface area is 103 Å². The van der Waals surface area contributed by atoms with Crippen LogP contribution in [0.2, 0.25) is 0 Å². The molecular formula is C10H15BrN2O3. The Bertz CT molecular complexity index is 352. The van der Waals surface area contributed by atoms with Crippen LogP contribution >= 0.6 is 15.9 Å². The van der Waals surface area contributed by atoms with Gasteiger partial charge in [-0.25, -0.2) is 5.48 Å². The van der Waals surface area contributed by atoms with Crippen LogP contribution in [0.1, 0.15) is 17.4 Å². The molecule has 16 heavy (non-hydrogen) atoms. The fourth-order valence-corrected chi connectivity index (χ4v) is 1.68. The molecule has 1 rings (SSSR count). The van der Waals surface area contributed by atoms with Crippen molar-refractivity contribution in [1.29, 1.82) is 0 Å². The number of nitrogens with zero attached hydrogens (tertiary/aromatic N) is 1. The van der Waals surface area contributed by atoms with E-state index >= 15 is 0 Å². The van der Waals surface area contributed by atoms with E-state index in [-0.39, 0.29) is 5.91 Å². The molecule has 90 valence electrons. The Morgan fingerprint density at radius 1 is 1.56 bits per heavy atom. The summed E-state index contributed by atoms with van der Waals surface area (Å²) in [6.45, 7) is 3.47. The lowest BCUT2D eigenvalue weighted by atomic mass is 10.4. The van der Waals surface area contributed by atoms with Crippen molar-refractivity contribution in [2.24, 2.45) is 0 Å². The minimum absolute atomic E-state index is 0.261. The highest BCUT2D eigenvalue weighted by molar-refractivity contribution is 9.10. The number of hydrogen-bond acceptors (Lipinski definition) is 3. The number of carbonyl (C=O) groups is 1. The fourth-order valence-electron chi connectivity index (χ4n) is 1.22. The molecule has 0 bridgehead atoms. The monoisotopic (exact) mass is 290 g/mol. The zero-order chi connectivity index (χ0) is 12.0. The van der Waals surface area contributed by atoms with E-state index in [4.69, 9.17) is 9.57 Å². The summed E-state index contributed by atoms with van der Waals surface area (Å²) in [4.78, 5) is 16.6. The first-order chi connectivity index (χ1) is 7.69. The molecule has 0 aliphatic carbocycles. The van der Waals surface area contributed by atoms with Crippen molar-refractivity contribution < 1.29 is 14.4 Å². The van der Waals surface area contributed by atoms with Crippen molar-refractivity contribution in [2.45, 2.75) is 13.5 Å². The average Bonchev–Trinajstić information content (AvgIpc) is 2.65. The lowest BCUT2D eigenvalue weighted by molar-refractivity contribution is 0.00834. The molecular weight excluding hydrogens is 276 g/mol. The minimum atomic E-state index is -0.261. The normalized spacial score (nSPS) is 10.4. The SMILES string of the molecule is CCn1cc(Br)cc1C(=O)NOCCOC. The Morgan fingerprint density at radius 3 is 2.94 bits per heavy atom. The van der Waals surface area contributed by atoms with Gasteiger partial charge in [0.05, 0.1) is 13.2 Å². The van der Waals surface area contributed by atoms with Crippen LogP contribution in [0.3, 0.4) is 0 Å². The second-order valence-corrected chi connectivity index (χ2v) is 4.02. The Hall–Kier alpha value is -0.850. The van der Waals surface area contributed by atoms with E-state index in [2.05, 4.69) is 21.4 Å². The van der Waals surface area contributed by atoms with Gasteiger partial charge in [-0.1, -0.05) is 0 Å². The predicted molar refractivity (Wildman–Crippen MR) is 63.1 cm³/mol. The van der Waals surface area contributed by atoms with Crippen LogP contribution < -0.4 is 5.48 Å². The first-order valence-electron chi connectivity index (χ1n) is 4.95. The second kappa shape index (κ2) is 6.67. The number of amides is 1. The number of hydrogen-bond donors (Lipinski definition) is 1. The molecule has 1 aromatic rings. The number of methoxy groups -OCH3 is 1. The number of rotatable bonds is 6. The van der Waals surface area contributed by atoms with Crippen LogP contribution in [0.4, 0.5) is 0 Å². The van der Waals surface area contributed by atoms with Gasteiger partial charge in [-0.15, -0.1) is 0 Å². The van der Waals surface area contributed by atoms with Gasteiger partial charge in [-0.2, -0.15) is 0 Å². The Kier molecular flexibility index (Phi) is 5.51. The molecule has 0 radical (unpaired) electrons. The molecule has 0 atom stereocenters. The van der Waals surface area contributed by atoms with Crippen LogP contribution in [0.25, 0.3) is 0 Å². The maximum atomic E-state index is 11.7. The molecule has 6 heteroatoms. The van der Waals surface area contributed by atoms with Crippen LogP contribution in [0.15, 0.2) is 16.7 Å². The van der Waals surface area contributed by atoms with Gasteiger partial charge in [0.2, 0.25) is 0 Å². The number of carbonyl (C=O) groups excluding carboxylic acids is 1. The summed E-state index contributed by atoms with van der Waals surface area (Å²) in [5, 5.41) is 0. The van der Waals surface area contributed by atoms with E-state index in [1.54, 1.807) is 13.2 Å². The fraction of sp³-hybridized carbons (Fsp3) is 0.500. The molecule has 0 saturated heterocycles. The molecule has 0 unspecified atom stereocenters. The summed E-state index contributed by atoms with van der Waals surface area (Å²) in [7, 11) is 1.57. The molecule has 1 amide bonds. The summed E-state index contributed by atoms with van der Waals surface area (Å²) in [5.41, 5.74) is 2.92.